The summed E-state index contributed by atoms with van der Waals surface area (Å²) in [6, 6.07) is 73.3. The predicted molar refractivity (Wildman–Crippen MR) is 328 cm³/mol. The van der Waals surface area contributed by atoms with Gasteiger partial charge >= 0.3 is 0 Å². The monoisotopic (exact) mass is 1210 g/mol. The van der Waals surface area contributed by atoms with Crippen molar-refractivity contribution < 1.29 is 25.8 Å². The number of anilines is 2. The van der Waals surface area contributed by atoms with Gasteiger partial charge in [0.05, 0.1) is 0 Å². The second-order valence-electron chi connectivity index (χ2n) is 24.3. The molecule has 0 amide bonds. The molecule has 0 radical (unpaired) electrons. The number of nitrogens with zero attached hydrogens (tertiary/aromatic N) is 4. The molecule has 0 bridgehead atoms. The van der Waals surface area contributed by atoms with Crippen LogP contribution >= 0.6 is 0 Å². The third kappa shape index (κ3) is 10.9. The van der Waals surface area contributed by atoms with Crippen LogP contribution < -0.4 is 14.5 Å². The van der Waals surface area contributed by atoms with Crippen LogP contribution in [0.1, 0.15) is 134 Å². The molecule has 0 aliphatic carbocycles. The Morgan fingerprint density at radius 1 is 0.506 bits per heavy atom. The van der Waals surface area contributed by atoms with Gasteiger partial charge in [-0.1, -0.05) is 216 Å². The second-order valence-corrected chi connectivity index (χ2v) is 24.3. The number of fused-ring (bicyclic) bond motifs is 3. The fourth-order valence-electron chi connectivity index (χ4n) is 11.0. The molecule has 3 heterocycles. The maximum Gasteiger partial charge on any atom is 0.135 e. The minimum Gasteiger partial charge on any atom is -0.509 e. The zero-order valence-electron chi connectivity index (χ0n) is 47.7. The molecule has 1 aliphatic rings. The van der Waals surface area contributed by atoms with Gasteiger partial charge in [-0.05, 0) is 120 Å². The summed E-state index contributed by atoms with van der Waals surface area (Å²) in [4.78, 5) is 9.66. The normalized spacial score (nSPS) is 13.2. The fraction of sp³-hybridized carbons (Fsp3) is 0.233. The first-order chi connectivity index (χ1) is 37.3. The maximum absolute atomic E-state index is 7.17. The Morgan fingerprint density at radius 3 is 1.75 bits per heavy atom. The molecule has 1 aliphatic heterocycles. The second kappa shape index (κ2) is 21.6. The van der Waals surface area contributed by atoms with E-state index in [0.29, 0.717) is 11.5 Å². The number of hydrogen-bond acceptors (Lipinski definition) is 4. The van der Waals surface area contributed by atoms with Crippen molar-refractivity contribution >= 4 is 38.9 Å². The molecule has 0 saturated carbocycles. The summed E-state index contributed by atoms with van der Waals surface area (Å²) in [5.74, 6) is 2.56. The van der Waals surface area contributed by atoms with Gasteiger partial charge in [0.25, 0.3) is 0 Å². The molecule has 5 nitrogen and oxygen atoms in total. The van der Waals surface area contributed by atoms with Crippen LogP contribution in [0.3, 0.4) is 0 Å². The molecule has 0 spiro atoms. The Kier molecular flexibility index (Phi) is 15.0. The maximum atomic E-state index is 7.17. The van der Waals surface area contributed by atoms with Gasteiger partial charge in [0.15, 0.2) is 0 Å². The van der Waals surface area contributed by atoms with E-state index in [-0.39, 0.29) is 49.1 Å². The van der Waals surface area contributed by atoms with Crippen molar-refractivity contribution in [2.75, 3.05) is 9.80 Å². The fourth-order valence-corrected chi connectivity index (χ4v) is 11.0. The van der Waals surface area contributed by atoms with Gasteiger partial charge in [0, 0.05) is 61.1 Å². The standard InChI is InChI=1S/C73H71N4O.Pt/c1-48(2)62-29-22-30-63(49(3)4)70(62)53-37-58(75-46-68(51-25-18-14-19-26-51)76(47-75)59-41-56(71(5,6)7)40-57(42-59)72(8,9)10)44-61(38-53)78-60-32-33-64-65-39-52(50-23-16-13-17-24-50)31-34-66(65)77(67(64)45-60)69-43-55(35-36-74-69)73(11,12)54-27-20-15-21-28-54;/h13-43,46-49H,1-12H3;/q-3;. The van der Waals surface area contributed by atoms with Crippen LogP contribution in [0.5, 0.6) is 11.5 Å². The summed E-state index contributed by atoms with van der Waals surface area (Å²) >= 11 is 0. The van der Waals surface area contributed by atoms with Gasteiger partial charge in [-0.15, -0.1) is 53.6 Å². The van der Waals surface area contributed by atoms with Crippen LogP contribution in [-0.2, 0) is 37.3 Å². The van der Waals surface area contributed by atoms with E-state index in [9.17, 15) is 0 Å². The van der Waals surface area contributed by atoms with Crippen molar-refractivity contribution in [2.45, 2.75) is 111 Å². The molecule has 8 aromatic carbocycles. The number of hydrogen-bond donors (Lipinski definition) is 0. The van der Waals surface area contributed by atoms with Crippen molar-refractivity contribution in [1.82, 2.24) is 9.55 Å². The predicted octanol–water partition coefficient (Wildman–Crippen LogP) is 19.5. The van der Waals surface area contributed by atoms with Crippen LogP contribution in [-0.4, -0.2) is 9.55 Å². The van der Waals surface area contributed by atoms with E-state index in [0.717, 1.165) is 66.9 Å². The minimum absolute atomic E-state index is 0. The Bertz CT molecular complexity index is 3800. The number of rotatable bonds is 12. The molecule has 2 aromatic heterocycles. The molecule has 79 heavy (non-hydrogen) atoms. The van der Waals surface area contributed by atoms with E-state index in [1.807, 2.05) is 6.20 Å². The zero-order chi connectivity index (χ0) is 54.7. The van der Waals surface area contributed by atoms with E-state index < -0.39 is 0 Å². The Morgan fingerprint density at radius 2 is 1.13 bits per heavy atom. The van der Waals surface area contributed by atoms with Crippen molar-refractivity contribution in [2.24, 2.45) is 0 Å². The van der Waals surface area contributed by atoms with Gasteiger partial charge in [-0.25, -0.2) is 4.98 Å². The summed E-state index contributed by atoms with van der Waals surface area (Å²) in [5.41, 5.74) is 17.9. The average Bonchev–Trinajstić information content (AvgIpc) is 4.19. The Labute approximate surface area is 483 Å². The van der Waals surface area contributed by atoms with Gasteiger partial charge in [-0.2, -0.15) is 6.07 Å². The molecule has 0 N–H and O–H groups in total. The Hall–Kier alpha value is -7.46. The molecular formula is C73H71N4OPt-3. The van der Waals surface area contributed by atoms with E-state index in [4.69, 9.17) is 9.72 Å². The van der Waals surface area contributed by atoms with Gasteiger partial charge in [0.2, 0.25) is 0 Å². The molecule has 0 fully saturated rings. The number of pyridine rings is 1. The molecule has 0 saturated heterocycles. The van der Waals surface area contributed by atoms with Gasteiger partial charge < -0.3 is 19.1 Å². The SMILES string of the molecule is CC(C)c1cccc(C(C)C)c1-c1cc(Oc2[c-]c3c(cc2)c2cc(-c4ccccc4)ccc2n3-c2cc(C(C)(C)c3ccccc3)ccn2)[c-]c(N2C=C(c3ccccc3)N(c3cc(C(C)(C)C)cc(C(C)(C)C)c3)[CH-]2)c1.[Pt]. The van der Waals surface area contributed by atoms with Crippen LogP contribution in [0.25, 0.3) is 55.6 Å². The van der Waals surface area contributed by atoms with Crippen molar-refractivity contribution in [3.8, 4) is 39.6 Å². The summed E-state index contributed by atoms with van der Waals surface area (Å²) in [6.07, 6.45) is 4.18. The Balaban J connectivity index is 0.00000704. The van der Waals surface area contributed by atoms with E-state index in [1.54, 1.807) is 0 Å². The third-order valence-electron chi connectivity index (χ3n) is 15.7. The number of ether oxygens (including phenoxy) is 1. The molecule has 6 heteroatoms. The van der Waals surface area contributed by atoms with Crippen molar-refractivity contribution in [1.29, 1.82) is 0 Å². The average molecular weight is 1220 g/mol. The number of benzene rings is 8. The summed E-state index contributed by atoms with van der Waals surface area (Å²) < 4.78 is 9.42. The summed E-state index contributed by atoms with van der Waals surface area (Å²) in [7, 11) is 0. The first-order valence-electron chi connectivity index (χ1n) is 27.6. The molecule has 11 rings (SSSR count). The third-order valence-corrected chi connectivity index (χ3v) is 15.7. The number of aromatic nitrogens is 2. The first-order valence-corrected chi connectivity index (χ1v) is 27.6. The van der Waals surface area contributed by atoms with Crippen molar-refractivity contribution in [3.05, 3.63) is 252 Å². The van der Waals surface area contributed by atoms with Gasteiger partial charge in [-0.3, -0.25) is 0 Å². The quantitative estimate of drug-likeness (QED) is 0.114. The first kappa shape index (κ1) is 54.9. The molecular weight excluding hydrogens is 1140 g/mol. The molecule has 10 aromatic rings. The summed E-state index contributed by atoms with van der Waals surface area (Å²) in [5, 5.41) is 2.18. The van der Waals surface area contributed by atoms with Crippen LogP contribution in [0.2, 0.25) is 0 Å². The smallest absolute Gasteiger partial charge is 0.135 e. The van der Waals surface area contributed by atoms with E-state index in [2.05, 4.69) is 304 Å². The summed E-state index contributed by atoms with van der Waals surface area (Å²) in [6.45, 7) is 29.7. The molecule has 0 unspecified atom stereocenters. The van der Waals surface area contributed by atoms with Crippen LogP contribution in [0, 0.1) is 18.8 Å². The van der Waals surface area contributed by atoms with E-state index >= 15 is 0 Å². The zero-order valence-corrected chi connectivity index (χ0v) is 50.0. The van der Waals surface area contributed by atoms with Crippen LogP contribution in [0.4, 0.5) is 11.4 Å². The molecule has 0 atom stereocenters. The van der Waals surface area contributed by atoms with E-state index in [1.165, 1.54) is 38.9 Å². The topological polar surface area (TPSA) is 33.5 Å². The van der Waals surface area contributed by atoms with Crippen molar-refractivity contribution in [3.63, 3.8) is 0 Å². The molecule has 402 valence electrons. The largest absolute Gasteiger partial charge is 0.509 e. The van der Waals surface area contributed by atoms with Crippen LogP contribution in [0.15, 0.2) is 194 Å². The van der Waals surface area contributed by atoms with Gasteiger partial charge in [0.1, 0.15) is 5.82 Å². The minimum atomic E-state index is -0.273.